The molecular formula is C13H18BrN3O3S. The van der Waals surface area contributed by atoms with E-state index in [0.717, 1.165) is 14.5 Å². The summed E-state index contributed by atoms with van der Waals surface area (Å²) in [6, 6.07) is -0.164. The van der Waals surface area contributed by atoms with Crippen LogP contribution in [-0.2, 0) is 11.3 Å². The highest BCUT2D eigenvalue weighted by Gasteiger charge is 2.26. The number of halogens is 1. The first kappa shape index (κ1) is 16.2. The number of carboxylic acids is 1. The Kier molecular flexibility index (Phi) is 5.58. The highest BCUT2D eigenvalue weighted by atomic mass is 79.9. The van der Waals surface area contributed by atoms with Crippen LogP contribution in [0, 0.1) is 12.8 Å². The molecule has 8 heteroatoms. The minimum Gasteiger partial charge on any atom is -0.481 e. The first-order valence-corrected chi connectivity index (χ1v) is 8.45. The fraction of sp³-hybridized carbons (Fsp3) is 0.615. The van der Waals surface area contributed by atoms with Crippen molar-refractivity contribution in [2.75, 3.05) is 0 Å². The van der Waals surface area contributed by atoms with Crippen molar-refractivity contribution in [1.82, 2.24) is 15.6 Å². The third kappa shape index (κ3) is 4.67. The Hall–Kier alpha value is -1.15. The molecule has 6 nitrogen and oxygen atoms in total. The van der Waals surface area contributed by atoms with Crippen LogP contribution in [0.5, 0.6) is 0 Å². The Morgan fingerprint density at radius 1 is 1.38 bits per heavy atom. The predicted octanol–water partition coefficient (Wildman–Crippen LogP) is 2.66. The SMILES string of the molecule is Cc1nc(CNC(=O)NC2CCC(C(=O)O)CC2)sc1Br. The molecule has 1 heterocycles. The summed E-state index contributed by atoms with van der Waals surface area (Å²) in [5.41, 5.74) is 0.921. The van der Waals surface area contributed by atoms with Gasteiger partial charge in [0, 0.05) is 6.04 Å². The molecule has 0 bridgehead atoms. The van der Waals surface area contributed by atoms with Crippen LogP contribution in [0.3, 0.4) is 0 Å². The quantitative estimate of drug-likeness (QED) is 0.754. The molecule has 1 aromatic heterocycles. The highest BCUT2D eigenvalue weighted by molar-refractivity contribution is 9.11. The van der Waals surface area contributed by atoms with E-state index in [2.05, 4.69) is 31.5 Å². The van der Waals surface area contributed by atoms with Crippen LogP contribution in [0.25, 0.3) is 0 Å². The van der Waals surface area contributed by atoms with Gasteiger partial charge in [0.05, 0.1) is 21.9 Å². The van der Waals surface area contributed by atoms with Crippen molar-refractivity contribution in [2.45, 2.75) is 45.2 Å². The third-order valence-electron chi connectivity index (χ3n) is 3.60. The second-order valence-corrected chi connectivity index (χ2v) is 7.58. The largest absolute Gasteiger partial charge is 0.481 e. The number of hydrogen-bond acceptors (Lipinski definition) is 4. The predicted molar refractivity (Wildman–Crippen MR) is 83.3 cm³/mol. The number of carboxylic acid groups (broad SMARTS) is 1. The Balaban J connectivity index is 1.71. The van der Waals surface area contributed by atoms with Gasteiger partial charge in [0.2, 0.25) is 0 Å². The minimum absolute atomic E-state index is 0.0605. The van der Waals surface area contributed by atoms with Crippen molar-refractivity contribution in [3.8, 4) is 0 Å². The standard InChI is InChI=1S/C13H18BrN3O3S/c1-7-11(14)21-10(16-7)6-15-13(20)17-9-4-2-8(3-5-9)12(18)19/h8-9H,2-6H2,1H3,(H,18,19)(H2,15,17,20). The molecule has 3 N–H and O–H groups in total. The van der Waals surface area contributed by atoms with Gasteiger partial charge in [0.25, 0.3) is 0 Å². The average Bonchev–Trinajstić information content (AvgIpc) is 2.76. The lowest BCUT2D eigenvalue weighted by Crippen LogP contribution is -2.43. The number of nitrogens with zero attached hydrogens (tertiary/aromatic N) is 1. The highest BCUT2D eigenvalue weighted by Crippen LogP contribution is 2.25. The molecule has 2 amide bonds. The lowest BCUT2D eigenvalue weighted by atomic mass is 9.86. The molecule has 116 valence electrons. The van der Waals surface area contributed by atoms with Crippen LogP contribution in [0.4, 0.5) is 4.79 Å². The van der Waals surface area contributed by atoms with E-state index in [9.17, 15) is 9.59 Å². The number of aryl methyl sites for hydroxylation is 1. The van der Waals surface area contributed by atoms with E-state index in [-0.39, 0.29) is 18.0 Å². The number of amides is 2. The molecule has 1 aromatic rings. The zero-order valence-corrected chi connectivity index (χ0v) is 14.1. The molecular weight excluding hydrogens is 358 g/mol. The van der Waals surface area contributed by atoms with Crippen molar-refractivity contribution in [3.05, 3.63) is 14.5 Å². The van der Waals surface area contributed by atoms with Gasteiger partial charge in [0.1, 0.15) is 5.01 Å². The fourth-order valence-corrected chi connectivity index (χ4v) is 3.76. The van der Waals surface area contributed by atoms with Crippen molar-refractivity contribution in [1.29, 1.82) is 0 Å². The van der Waals surface area contributed by atoms with E-state index in [1.165, 1.54) is 11.3 Å². The van der Waals surface area contributed by atoms with Gasteiger partial charge >= 0.3 is 12.0 Å². The van der Waals surface area contributed by atoms with E-state index >= 15 is 0 Å². The van der Waals surface area contributed by atoms with Crippen molar-refractivity contribution in [2.24, 2.45) is 5.92 Å². The fourth-order valence-electron chi connectivity index (χ4n) is 2.38. The number of thiazole rings is 1. The molecule has 0 atom stereocenters. The molecule has 1 saturated carbocycles. The van der Waals surface area contributed by atoms with Gasteiger partial charge in [-0.2, -0.15) is 0 Å². The van der Waals surface area contributed by atoms with Crippen LogP contribution in [0.2, 0.25) is 0 Å². The lowest BCUT2D eigenvalue weighted by Gasteiger charge is -2.26. The summed E-state index contributed by atoms with van der Waals surface area (Å²) in [7, 11) is 0. The summed E-state index contributed by atoms with van der Waals surface area (Å²) in [4.78, 5) is 27.0. The Bertz CT molecular complexity index is 507. The van der Waals surface area contributed by atoms with Crippen LogP contribution in [0.15, 0.2) is 3.79 Å². The first-order valence-electron chi connectivity index (χ1n) is 6.84. The molecule has 21 heavy (non-hydrogen) atoms. The third-order valence-corrected chi connectivity index (χ3v) is 5.60. The zero-order chi connectivity index (χ0) is 15.4. The topological polar surface area (TPSA) is 91.3 Å². The number of aromatic nitrogens is 1. The molecule has 2 rings (SSSR count). The maximum Gasteiger partial charge on any atom is 0.315 e. The molecule has 1 aliphatic carbocycles. The summed E-state index contributed by atoms with van der Waals surface area (Å²) in [6.07, 6.45) is 2.68. The van der Waals surface area contributed by atoms with Crippen molar-refractivity contribution < 1.29 is 14.7 Å². The summed E-state index contributed by atoms with van der Waals surface area (Å²) in [5.74, 6) is -0.996. The monoisotopic (exact) mass is 375 g/mol. The molecule has 0 aliphatic heterocycles. The van der Waals surface area contributed by atoms with Crippen LogP contribution in [-0.4, -0.2) is 28.1 Å². The summed E-state index contributed by atoms with van der Waals surface area (Å²) in [6.45, 7) is 2.30. The molecule has 0 spiro atoms. The van der Waals surface area contributed by atoms with Crippen LogP contribution < -0.4 is 10.6 Å². The van der Waals surface area contributed by atoms with E-state index in [4.69, 9.17) is 5.11 Å². The number of hydrogen-bond donors (Lipinski definition) is 3. The minimum atomic E-state index is -0.734. The number of rotatable bonds is 4. The van der Waals surface area contributed by atoms with Gasteiger partial charge in [-0.25, -0.2) is 9.78 Å². The van der Waals surface area contributed by atoms with Gasteiger partial charge in [-0.15, -0.1) is 11.3 Å². The number of carbonyl (C=O) groups excluding carboxylic acids is 1. The number of urea groups is 1. The summed E-state index contributed by atoms with van der Waals surface area (Å²) >= 11 is 4.90. The molecule has 1 fully saturated rings. The zero-order valence-electron chi connectivity index (χ0n) is 11.7. The van der Waals surface area contributed by atoms with E-state index in [1.807, 2.05) is 6.92 Å². The summed E-state index contributed by atoms with van der Waals surface area (Å²) < 4.78 is 0.978. The normalized spacial score (nSPS) is 21.8. The van der Waals surface area contributed by atoms with E-state index in [1.54, 1.807) is 0 Å². The van der Waals surface area contributed by atoms with Gasteiger partial charge in [-0.05, 0) is 48.5 Å². The summed E-state index contributed by atoms with van der Waals surface area (Å²) in [5, 5.41) is 15.5. The molecule has 0 saturated heterocycles. The molecule has 0 unspecified atom stereocenters. The van der Waals surface area contributed by atoms with Gasteiger partial charge < -0.3 is 15.7 Å². The number of carbonyl (C=O) groups is 2. The lowest BCUT2D eigenvalue weighted by molar-refractivity contribution is -0.142. The van der Waals surface area contributed by atoms with Gasteiger partial charge in [0.15, 0.2) is 0 Å². The maximum atomic E-state index is 11.8. The van der Waals surface area contributed by atoms with Crippen molar-refractivity contribution >= 4 is 39.3 Å². The van der Waals surface area contributed by atoms with Crippen LogP contribution in [0.1, 0.15) is 36.4 Å². The number of aliphatic carboxylic acids is 1. The smallest absolute Gasteiger partial charge is 0.315 e. The van der Waals surface area contributed by atoms with Gasteiger partial charge in [-0.3, -0.25) is 4.79 Å². The second kappa shape index (κ2) is 7.22. The Morgan fingerprint density at radius 3 is 2.57 bits per heavy atom. The molecule has 0 radical (unpaired) electrons. The van der Waals surface area contributed by atoms with E-state index in [0.29, 0.717) is 32.2 Å². The van der Waals surface area contributed by atoms with Crippen LogP contribution >= 0.6 is 27.3 Å². The maximum absolute atomic E-state index is 11.8. The van der Waals surface area contributed by atoms with Crippen molar-refractivity contribution in [3.63, 3.8) is 0 Å². The number of nitrogens with one attached hydrogen (secondary N) is 2. The Labute approximate surface area is 135 Å². The Morgan fingerprint density at radius 2 is 2.05 bits per heavy atom. The second-order valence-electron chi connectivity index (χ2n) is 5.18. The van der Waals surface area contributed by atoms with E-state index < -0.39 is 5.97 Å². The molecule has 0 aromatic carbocycles. The molecule has 1 aliphatic rings. The first-order chi connectivity index (χ1) is 9.95. The van der Waals surface area contributed by atoms with Gasteiger partial charge in [-0.1, -0.05) is 0 Å². The average molecular weight is 376 g/mol.